The second-order valence-corrected chi connectivity index (χ2v) is 9.48. The minimum absolute atomic E-state index is 0.00522. The summed E-state index contributed by atoms with van der Waals surface area (Å²) in [6.07, 6.45) is 3.26. The maximum absolute atomic E-state index is 12.6. The number of thiol groups is 2. The number of hydrogen-bond acceptors (Lipinski definition) is 5. The Bertz CT molecular complexity index is 478. The fraction of sp³-hybridized carbons (Fsp3) is 0.895. The molecule has 152 valence electrons. The molecule has 2 atom stereocenters. The van der Waals surface area contributed by atoms with Gasteiger partial charge in [0.15, 0.2) is 0 Å². The Kier molecular flexibility index (Phi) is 9.13. The Labute approximate surface area is 169 Å². The number of alkyl carbamates (subject to hydrolysis) is 1. The number of nitrogens with zero attached hydrogens (tertiary/aromatic N) is 1. The highest BCUT2D eigenvalue weighted by Crippen LogP contribution is 2.38. The third-order valence-electron chi connectivity index (χ3n) is 4.79. The molecule has 0 aliphatic carbocycles. The van der Waals surface area contributed by atoms with Gasteiger partial charge in [0.2, 0.25) is 5.91 Å². The van der Waals surface area contributed by atoms with E-state index in [0.717, 1.165) is 38.0 Å². The van der Waals surface area contributed by atoms with Crippen LogP contribution in [0.25, 0.3) is 0 Å². The van der Waals surface area contributed by atoms with E-state index in [1.54, 1.807) is 0 Å². The monoisotopic (exact) mass is 404 g/mol. The zero-order valence-electron chi connectivity index (χ0n) is 16.9. The van der Waals surface area contributed by atoms with Gasteiger partial charge in [0.25, 0.3) is 0 Å². The Morgan fingerprint density at radius 3 is 2.38 bits per heavy atom. The van der Waals surface area contributed by atoms with E-state index in [0.29, 0.717) is 12.3 Å². The lowest BCUT2D eigenvalue weighted by molar-refractivity contribution is -0.132. The van der Waals surface area contributed by atoms with Gasteiger partial charge in [-0.25, -0.2) is 4.79 Å². The van der Waals surface area contributed by atoms with Crippen LogP contribution in [0.1, 0.15) is 60.3 Å². The summed E-state index contributed by atoms with van der Waals surface area (Å²) in [7, 11) is 0. The predicted molar refractivity (Wildman–Crippen MR) is 113 cm³/mol. The maximum Gasteiger partial charge on any atom is 0.407 e. The second-order valence-electron chi connectivity index (χ2n) is 8.80. The first kappa shape index (κ1) is 23.5. The molecular weight excluding hydrogens is 368 g/mol. The fourth-order valence-corrected chi connectivity index (χ4v) is 3.76. The molecule has 1 aliphatic rings. The molecule has 0 saturated carbocycles. The number of carbonyl (C=O) groups excluding carboxylic acids is 2. The van der Waals surface area contributed by atoms with E-state index in [-0.39, 0.29) is 29.4 Å². The summed E-state index contributed by atoms with van der Waals surface area (Å²) in [6, 6.07) is 0.226. The van der Waals surface area contributed by atoms with Crippen LogP contribution in [0.3, 0.4) is 0 Å². The Morgan fingerprint density at radius 1 is 1.19 bits per heavy atom. The van der Waals surface area contributed by atoms with Crippen LogP contribution in [0.5, 0.6) is 0 Å². The van der Waals surface area contributed by atoms with Crippen molar-refractivity contribution in [2.75, 3.05) is 24.6 Å². The van der Waals surface area contributed by atoms with Crippen LogP contribution in [-0.4, -0.2) is 53.1 Å². The molecule has 0 unspecified atom stereocenters. The van der Waals surface area contributed by atoms with Crippen molar-refractivity contribution in [1.82, 2.24) is 10.2 Å². The summed E-state index contributed by atoms with van der Waals surface area (Å²) in [5, 5.41) is 2.77. The number of rotatable bonds is 9. The van der Waals surface area contributed by atoms with Gasteiger partial charge in [-0.15, -0.1) is 0 Å². The van der Waals surface area contributed by atoms with Gasteiger partial charge in [0, 0.05) is 30.8 Å². The van der Waals surface area contributed by atoms with E-state index in [1.807, 2.05) is 25.7 Å². The van der Waals surface area contributed by atoms with Crippen LogP contribution >= 0.6 is 25.3 Å². The summed E-state index contributed by atoms with van der Waals surface area (Å²) in [5.41, 5.74) is -0.479. The van der Waals surface area contributed by atoms with Gasteiger partial charge < -0.3 is 15.0 Å². The smallest absolute Gasteiger partial charge is 0.407 e. The summed E-state index contributed by atoms with van der Waals surface area (Å²) >= 11 is 8.83. The molecule has 5 nitrogen and oxygen atoms in total. The van der Waals surface area contributed by atoms with Crippen molar-refractivity contribution in [2.24, 2.45) is 11.3 Å². The molecule has 1 rings (SSSR count). The minimum atomic E-state index is -0.474. The van der Waals surface area contributed by atoms with Crippen LogP contribution in [0.15, 0.2) is 0 Å². The van der Waals surface area contributed by atoms with Gasteiger partial charge in [-0.3, -0.25) is 4.79 Å². The van der Waals surface area contributed by atoms with Crippen molar-refractivity contribution in [1.29, 1.82) is 0 Å². The molecule has 0 aromatic heterocycles. The van der Waals surface area contributed by atoms with Crippen molar-refractivity contribution >= 4 is 37.3 Å². The van der Waals surface area contributed by atoms with Crippen molar-refractivity contribution in [3.05, 3.63) is 0 Å². The third kappa shape index (κ3) is 7.22. The molecule has 1 fully saturated rings. The molecule has 26 heavy (non-hydrogen) atoms. The molecule has 0 aromatic rings. The van der Waals surface area contributed by atoms with E-state index in [2.05, 4.69) is 44.4 Å². The molecule has 2 amide bonds. The number of ether oxygens (including phenoxy) is 1. The summed E-state index contributed by atoms with van der Waals surface area (Å²) in [5.74, 6) is 1.61. The number of nitrogens with one attached hydrogen (secondary N) is 1. The number of unbranched alkanes of at least 4 members (excludes halogenated alkanes) is 2. The molecule has 0 aromatic carbocycles. The topological polar surface area (TPSA) is 58.6 Å². The normalized spacial score (nSPS) is 21.2. The first-order valence-electron chi connectivity index (χ1n) is 9.51. The van der Waals surface area contributed by atoms with Gasteiger partial charge in [-0.2, -0.15) is 25.3 Å². The summed E-state index contributed by atoms with van der Waals surface area (Å²) in [6.45, 7) is 11.2. The van der Waals surface area contributed by atoms with Gasteiger partial charge >= 0.3 is 6.09 Å². The number of carbonyl (C=O) groups is 2. The Morgan fingerprint density at radius 2 is 1.85 bits per heavy atom. The van der Waals surface area contributed by atoms with Crippen LogP contribution in [0, 0.1) is 11.3 Å². The second kappa shape index (κ2) is 10.1. The Hall–Kier alpha value is -0.560. The predicted octanol–water partition coefficient (Wildman–Crippen LogP) is 3.78. The number of likely N-dealkylation sites (tertiary alicyclic amines) is 1. The average Bonchev–Trinajstić information content (AvgIpc) is 2.86. The molecular formula is C19H36N2O3S2. The molecule has 1 aliphatic heterocycles. The zero-order chi connectivity index (χ0) is 20.0. The van der Waals surface area contributed by atoms with E-state index in [9.17, 15) is 9.59 Å². The molecule has 0 spiro atoms. The minimum Gasteiger partial charge on any atom is -0.444 e. The van der Waals surface area contributed by atoms with Gasteiger partial charge in [-0.1, -0.05) is 13.8 Å². The Balaban J connectivity index is 2.38. The highest BCUT2D eigenvalue weighted by Gasteiger charge is 2.44. The van der Waals surface area contributed by atoms with Crippen molar-refractivity contribution in [2.45, 2.75) is 71.9 Å². The van der Waals surface area contributed by atoms with Crippen LogP contribution in [0.2, 0.25) is 0 Å². The first-order valence-corrected chi connectivity index (χ1v) is 10.8. The quantitative estimate of drug-likeness (QED) is 0.405. The SMILES string of the molecule is CC(C)(C)OC(=O)NCCCCCN1C(=O)[C@@H](CS)C[C@H]1C(C)(C)CS. The van der Waals surface area contributed by atoms with E-state index in [1.165, 1.54) is 0 Å². The van der Waals surface area contributed by atoms with E-state index in [4.69, 9.17) is 4.74 Å². The lowest BCUT2D eigenvalue weighted by Crippen LogP contribution is -2.44. The highest BCUT2D eigenvalue weighted by molar-refractivity contribution is 7.80. The molecule has 0 radical (unpaired) electrons. The van der Waals surface area contributed by atoms with Crippen molar-refractivity contribution < 1.29 is 14.3 Å². The fourth-order valence-electron chi connectivity index (χ4n) is 3.24. The molecule has 1 N–H and O–H groups in total. The number of hydrogen-bond donors (Lipinski definition) is 3. The third-order valence-corrected chi connectivity index (χ3v) is 6.05. The van der Waals surface area contributed by atoms with Gasteiger partial charge in [0.05, 0.1) is 0 Å². The van der Waals surface area contributed by atoms with Crippen molar-refractivity contribution in [3.8, 4) is 0 Å². The lowest BCUT2D eigenvalue weighted by Gasteiger charge is -2.37. The summed E-state index contributed by atoms with van der Waals surface area (Å²) < 4.78 is 5.21. The van der Waals surface area contributed by atoms with E-state index >= 15 is 0 Å². The van der Waals surface area contributed by atoms with E-state index < -0.39 is 5.60 Å². The standard InChI is InChI=1S/C19H36N2O3S2/c1-18(2,3)24-17(23)20-9-7-6-8-10-21-15(19(4,5)13-26)11-14(12-25)16(21)22/h14-15,25-26H,6-13H2,1-5H3,(H,20,23)/t14-,15+/m1/s1. The number of amides is 2. The highest BCUT2D eigenvalue weighted by atomic mass is 32.1. The maximum atomic E-state index is 12.6. The lowest BCUT2D eigenvalue weighted by atomic mass is 9.83. The molecule has 1 saturated heterocycles. The molecule has 7 heteroatoms. The van der Waals surface area contributed by atoms with Crippen LogP contribution < -0.4 is 5.32 Å². The van der Waals surface area contributed by atoms with Crippen LogP contribution in [-0.2, 0) is 9.53 Å². The zero-order valence-corrected chi connectivity index (χ0v) is 18.7. The van der Waals surface area contributed by atoms with Crippen molar-refractivity contribution in [3.63, 3.8) is 0 Å². The average molecular weight is 405 g/mol. The summed E-state index contributed by atoms with van der Waals surface area (Å²) in [4.78, 5) is 26.3. The molecule has 0 bridgehead atoms. The van der Waals surface area contributed by atoms with Gasteiger partial charge in [-0.05, 0) is 57.6 Å². The van der Waals surface area contributed by atoms with Gasteiger partial charge in [0.1, 0.15) is 5.60 Å². The first-order chi connectivity index (χ1) is 12.0. The largest absolute Gasteiger partial charge is 0.444 e. The van der Waals surface area contributed by atoms with Crippen LogP contribution in [0.4, 0.5) is 4.79 Å². The molecule has 1 heterocycles.